The molecule has 0 atom stereocenters. The normalized spacial score (nSPS) is 11.0. The van der Waals surface area contributed by atoms with E-state index in [2.05, 4.69) is 29.6 Å². The van der Waals surface area contributed by atoms with E-state index in [1.54, 1.807) is 0 Å². The maximum atomic E-state index is 5.45. The van der Waals surface area contributed by atoms with E-state index in [9.17, 15) is 0 Å². The Hall–Kier alpha value is -0.900. The largest absolute Gasteiger partial charge is 0.352 e. The maximum absolute atomic E-state index is 5.45. The lowest BCUT2D eigenvalue weighted by atomic mass is 10.1. The number of ether oxygens (including phenoxy) is 2. The monoisotopic (exact) mass is 237 g/mol. The molecular formula is C14H23NO2. The van der Waals surface area contributed by atoms with Gasteiger partial charge in [-0.05, 0) is 32.4 Å². The summed E-state index contributed by atoms with van der Waals surface area (Å²) < 4.78 is 10.9. The van der Waals surface area contributed by atoms with Crippen LogP contribution < -0.4 is 5.32 Å². The molecule has 17 heavy (non-hydrogen) atoms. The zero-order chi connectivity index (χ0) is 12.3. The van der Waals surface area contributed by atoms with Gasteiger partial charge >= 0.3 is 0 Å². The van der Waals surface area contributed by atoms with Crippen molar-refractivity contribution in [1.29, 1.82) is 0 Å². The molecule has 0 fully saturated rings. The first-order valence-corrected chi connectivity index (χ1v) is 6.34. The maximum Gasteiger partial charge on any atom is 0.169 e. The molecule has 0 radical (unpaired) electrons. The van der Waals surface area contributed by atoms with E-state index < -0.39 is 0 Å². The van der Waals surface area contributed by atoms with E-state index in [0.29, 0.717) is 13.2 Å². The molecule has 1 rings (SSSR count). The highest BCUT2D eigenvalue weighted by atomic mass is 16.7. The van der Waals surface area contributed by atoms with Crippen molar-refractivity contribution in [3.63, 3.8) is 0 Å². The van der Waals surface area contributed by atoms with E-state index in [1.807, 2.05) is 19.9 Å². The van der Waals surface area contributed by atoms with E-state index >= 15 is 0 Å². The van der Waals surface area contributed by atoms with Gasteiger partial charge in [0, 0.05) is 19.8 Å². The predicted octanol–water partition coefficient (Wildman–Crippen LogP) is 2.22. The molecule has 1 aromatic carbocycles. The van der Waals surface area contributed by atoms with Gasteiger partial charge in [0.05, 0.1) is 0 Å². The Morgan fingerprint density at radius 2 is 1.71 bits per heavy atom. The van der Waals surface area contributed by atoms with Gasteiger partial charge in [-0.25, -0.2) is 0 Å². The second-order valence-electron chi connectivity index (χ2n) is 3.78. The molecule has 0 unspecified atom stereocenters. The molecule has 0 heterocycles. The quantitative estimate of drug-likeness (QED) is 0.527. The van der Waals surface area contributed by atoms with Gasteiger partial charge in [0.25, 0.3) is 0 Å². The fraction of sp³-hybridized carbons (Fsp3) is 0.571. The zero-order valence-electron chi connectivity index (χ0n) is 10.8. The van der Waals surface area contributed by atoms with Crippen LogP contribution in [-0.2, 0) is 15.9 Å². The minimum atomic E-state index is -0.124. The first-order chi connectivity index (χ1) is 8.36. The highest BCUT2D eigenvalue weighted by Gasteiger charge is 2.06. The lowest BCUT2D eigenvalue weighted by Crippen LogP contribution is -2.32. The van der Waals surface area contributed by atoms with Crippen molar-refractivity contribution in [2.75, 3.05) is 26.3 Å². The molecule has 0 aromatic heterocycles. The Labute approximate surface area is 104 Å². The summed E-state index contributed by atoms with van der Waals surface area (Å²) >= 11 is 0. The van der Waals surface area contributed by atoms with Crippen LogP contribution in [0.2, 0.25) is 0 Å². The summed E-state index contributed by atoms with van der Waals surface area (Å²) in [5, 5.41) is 3.35. The van der Waals surface area contributed by atoms with E-state index in [4.69, 9.17) is 9.47 Å². The lowest BCUT2D eigenvalue weighted by Gasteiger charge is -2.17. The predicted molar refractivity (Wildman–Crippen MR) is 70.1 cm³/mol. The molecule has 0 spiro atoms. The summed E-state index contributed by atoms with van der Waals surface area (Å²) in [6, 6.07) is 10.5. The average molecular weight is 237 g/mol. The molecule has 0 aliphatic heterocycles. The fourth-order valence-corrected chi connectivity index (χ4v) is 1.64. The number of hydrogen-bond donors (Lipinski definition) is 1. The third-order valence-corrected chi connectivity index (χ3v) is 2.45. The van der Waals surface area contributed by atoms with Gasteiger partial charge in [0.15, 0.2) is 6.29 Å². The minimum Gasteiger partial charge on any atom is -0.352 e. The standard InChI is InChI=1S/C14H23NO2/c1-3-16-14(17-4-2)12-15-11-10-13-8-6-5-7-9-13/h5-9,14-15H,3-4,10-12H2,1-2H3. The van der Waals surface area contributed by atoms with Crippen LogP contribution in [0.25, 0.3) is 0 Å². The number of hydrogen-bond acceptors (Lipinski definition) is 3. The molecule has 0 aliphatic carbocycles. The number of benzene rings is 1. The summed E-state index contributed by atoms with van der Waals surface area (Å²) in [5.74, 6) is 0. The summed E-state index contributed by atoms with van der Waals surface area (Å²) in [5.41, 5.74) is 1.35. The third kappa shape index (κ3) is 6.41. The topological polar surface area (TPSA) is 30.5 Å². The molecule has 1 aromatic rings. The molecule has 0 saturated heterocycles. The van der Waals surface area contributed by atoms with Crippen LogP contribution in [0, 0.1) is 0 Å². The molecular weight excluding hydrogens is 214 g/mol. The van der Waals surface area contributed by atoms with Crippen molar-refractivity contribution in [1.82, 2.24) is 5.32 Å². The summed E-state index contributed by atoms with van der Waals surface area (Å²) in [4.78, 5) is 0. The van der Waals surface area contributed by atoms with Crippen molar-refractivity contribution >= 4 is 0 Å². The van der Waals surface area contributed by atoms with Crippen molar-refractivity contribution in [2.45, 2.75) is 26.6 Å². The van der Waals surface area contributed by atoms with Gasteiger partial charge in [0.2, 0.25) is 0 Å². The Morgan fingerprint density at radius 3 is 2.29 bits per heavy atom. The summed E-state index contributed by atoms with van der Waals surface area (Å²) in [6.45, 7) is 7.03. The molecule has 0 aliphatic rings. The van der Waals surface area contributed by atoms with E-state index in [-0.39, 0.29) is 6.29 Å². The molecule has 3 nitrogen and oxygen atoms in total. The Bertz CT molecular complexity index is 271. The Balaban J connectivity index is 2.13. The van der Waals surface area contributed by atoms with Crippen LogP contribution in [0.1, 0.15) is 19.4 Å². The third-order valence-electron chi connectivity index (χ3n) is 2.45. The van der Waals surface area contributed by atoms with Crippen LogP contribution in [0.4, 0.5) is 0 Å². The van der Waals surface area contributed by atoms with Gasteiger partial charge < -0.3 is 14.8 Å². The van der Waals surface area contributed by atoms with Crippen LogP contribution in [0.15, 0.2) is 30.3 Å². The van der Waals surface area contributed by atoms with Crippen molar-refractivity contribution in [3.05, 3.63) is 35.9 Å². The van der Waals surface area contributed by atoms with Crippen molar-refractivity contribution in [2.24, 2.45) is 0 Å². The minimum absolute atomic E-state index is 0.124. The lowest BCUT2D eigenvalue weighted by molar-refractivity contribution is -0.132. The Kier molecular flexibility index (Phi) is 7.63. The van der Waals surface area contributed by atoms with Gasteiger partial charge in [-0.3, -0.25) is 0 Å². The van der Waals surface area contributed by atoms with Crippen LogP contribution in [0.3, 0.4) is 0 Å². The summed E-state index contributed by atoms with van der Waals surface area (Å²) in [7, 11) is 0. The van der Waals surface area contributed by atoms with Gasteiger partial charge in [0.1, 0.15) is 0 Å². The number of rotatable bonds is 9. The molecule has 3 heteroatoms. The highest BCUT2D eigenvalue weighted by molar-refractivity contribution is 5.14. The second kappa shape index (κ2) is 9.16. The molecule has 1 N–H and O–H groups in total. The highest BCUT2D eigenvalue weighted by Crippen LogP contribution is 1.98. The van der Waals surface area contributed by atoms with Crippen LogP contribution in [0.5, 0.6) is 0 Å². The van der Waals surface area contributed by atoms with E-state index in [0.717, 1.165) is 19.5 Å². The molecule has 96 valence electrons. The van der Waals surface area contributed by atoms with Crippen LogP contribution in [-0.4, -0.2) is 32.6 Å². The van der Waals surface area contributed by atoms with Gasteiger partial charge in [-0.1, -0.05) is 30.3 Å². The van der Waals surface area contributed by atoms with Gasteiger partial charge in [-0.2, -0.15) is 0 Å². The second-order valence-corrected chi connectivity index (χ2v) is 3.78. The molecule has 0 saturated carbocycles. The smallest absolute Gasteiger partial charge is 0.169 e. The summed E-state index contributed by atoms with van der Waals surface area (Å²) in [6.07, 6.45) is 0.909. The molecule has 0 amide bonds. The average Bonchev–Trinajstić information content (AvgIpc) is 2.36. The van der Waals surface area contributed by atoms with E-state index in [1.165, 1.54) is 5.56 Å². The Morgan fingerprint density at radius 1 is 1.06 bits per heavy atom. The van der Waals surface area contributed by atoms with Crippen molar-refractivity contribution in [3.8, 4) is 0 Å². The zero-order valence-corrected chi connectivity index (χ0v) is 10.8. The van der Waals surface area contributed by atoms with Crippen molar-refractivity contribution < 1.29 is 9.47 Å². The van der Waals surface area contributed by atoms with Crippen LogP contribution >= 0.6 is 0 Å². The first kappa shape index (κ1) is 14.2. The van der Waals surface area contributed by atoms with Gasteiger partial charge in [-0.15, -0.1) is 0 Å². The number of nitrogens with one attached hydrogen (secondary N) is 1. The SMILES string of the molecule is CCOC(CNCCc1ccccc1)OCC. The first-order valence-electron chi connectivity index (χ1n) is 6.34. The fourth-order valence-electron chi connectivity index (χ4n) is 1.64. The molecule has 0 bridgehead atoms.